The van der Waals surface area contributed by atoms with Crippen LogP contribution in [0.3, 0.4) is 0 Å². The van der Waals surface area contributed by atoms with Crippen LogP contribution in [-0.4, -0.2) is 47.6 Å². The molecule has 0 spiro atoms. The van der Waals surface area contributed by atoms with Crippen LogP contribution in [0.4, 0.5) is 0 Å². The standard InChI is InChI=1S/C19H25BrN2O/c20-18-3-4-19(23)17(11-18)13-22-7-5-21(6-8-22)12-16-10-14-1-2-15(16)9-14/h1-4,11,14-16,23H,5-10,12-13H2/t14-,15+,16-/m0/s1. The number of nitrogens with zero attached hydrogens (tertiary/aromatic N) is 2. The lowest BCUT2D eigenvalue weighted by molar-refractivity contribution is 0.108. The predicted octanol–water partition coefficient (Wildman–Crippen LogP) is 3.48. The zero-order chi connectivity index (χ0) is 15.8. The molecule has 1 N–H and O–H groups in total. The van der Waals surface area contributed by atoms with Gasteiger partial charge in [0.05, 0.1) is 0 Å². The van der Waals surface area contributed by atoms with Gasteiger partial charge in [0.1, 0.15) is 5.75 Å². The van der Waals surface area contributed by atoms with E-state index in [-0.39, 0.29) is 0 Å². The van der Waals surface area contributed by atoms with E-state index >= 15 is 0 Å². The van der Waals surface area contributed by atoms with Gasteiger partial charge in [0.2, 0.25) is 0 Å². The van der Waals surface area contributed by atoms with E-state index in [1.807, 2.05) is 12.1 Å². The van der Waals surface area contributed by atoms with Crippen LogP contribution >= 0.6 is 15.9 Å². The minimum atomic E-state index is 0.407. The Hall–Kier alpha value is -0.840. The lowest BCUT2D eigenvalue weighted by Crippen LogP contribution is -2.47. The maximum absolute atomic E-state index is 10.0. The van der Waals surface area contributed by atoms with Gasteiger partial charge >= 0.3 is 0 Å². The molecule has 4 rings (SSSR count). The van der Waals surface area contributed by atoms with Crippen LogP contribution in [-0.2, 0) is 6.54 Å². The van der Waals surface area contributed by atoms with Crippen LogP contribution in [0.2, 0.25) is 0 Å². The van der Waals surface area contributed by atoms with Crippen LogP contribution in [0.1, 0.15) is 18.4 Å². The Morgan fingerprint density at radius 2 is 1.83 bits per heavy atom. The quantitative estimate of drug-likeness (QED) is 0.814. The summed E-state index contributed by atoms with van der Waals surface area (Å²) >= 11 is 3.49. The lowest BCUT2D eigenvalue weighted by Gasteiger charge is -2.37. The van der Waals surface area contributed by atoms with E-state index < -0.39 is 0 Å². The van der Waals surface area contributed by atoms with Crippen molar-refractivity contribution in [3.8, 4) is 5.75 Å². The van der Waals surface area contributed by atoms with E-state index in [4.69, 9.17) is 0 Å². The third kappa shape index (κ3) is 3.49. The fourth-order valence-electron chi connectivity index (χ4n) is 4.49. The summed E-state index contributed by atoms with van der Waals surface area (Å²) in [6.45, 7) is 6.64. The molecule has 1 saturated heterocycles. The minimum absolute atomic E-state index is 0.407. The van der Waals surface area contributed by atoms with Crippen LogP contribution in [0.5, 0.6) is 5.75 Å². The minimum Gasteiger partial charge on any atom is -0.508 e. The maximum atomic E-state index is 10.0. The highest BCUT2D eigenvalue weighted by molar-refractivity contribution is 9.10. The van der Waals surface area contributed by atoms with Gasteiger partial charge in [0, 0.05) is 49.3 Å². The normalized spacial score (nSPS) is 31.1. The Bertz CT molecular complexity index is 595. The maximum Gasteiger partial charge on any atom is 0.120 e. The number of halogens is 1. The van der Waals surface area contributed by atoms with Crippen molar-refractivity contribution in [1.82, 2.24) is 9.80 Å². The van der Waals surface area contributed by atoms with Crippen molar-refractivity contribution in [2.24, 2.45) is 17.8 Å². The third-order valence-corrected chi connectivity index (χ3v) is 6.30. The second kappa shape index (κ2) is 6.58. The summed E-state index contributed by atoms with van der Waals surface area (Å²) in [5.74, 6) is 3.04. The number of piperazine rings is 1. The van der Waals surface area contributed by atoms with E-state index in [2.05, 4.69) is 37.9 Å². The molecule has 2 fully saturated rings. The Morgan fingerprint density at radius 3 is 2.52 bits per heavy atom. The first-order valence-corrected chi connectivity index (χ1v) is 9.57. The highest BCUT2D eigenvalue weighted by Gasteiger charge is 2.36. The van der Waals surface area contributed by atoms with E-state index in [1.54, 1.807) is 6.07 Å². The van der Waals surface area contributed by atoms with Gasteiger partial charge in [-0.2, -0.15) is 0 Å². The van der Waals surface area contributed by atoms with Crippen molar-refractivity contribution in [3.05, 3.63) is 40.4 Å². The summed E-state index contributed by atoms with van der Waals surface area (Å²) in [5, 5.41) is 10.0. The zero-order valence-electron chi connectivity index (χ0n) is 13.5. The fourth-order valence-corrected chi connectivity index (χ4v) is 4.90. The van der Waals surface area contributed by atoms with Gasteiger partial charge in [0.25, 0.3) is 0 Å². The molecule has 1 aromatic carbocycles. The summed E-state index contributed by atoms with van der Waals surface area (Å²) in [4.78, 5) is 5.11. The van der Waals surface area contributed by atoms with Crippen LogP contribution in [0.25, 0.3) is 0 Å². The van der Waals surface area contributed by atoms with Gasteiger partial charge in [-0.1, -0.05) is 28.1 Å². The average molecular weight is 377 g/mol. The van der Waals surface area contributed by atoms with Crippen molar-refractivity contribution in [1.29, 1.82) is 0 Å². The molecule has 0 radical (unpaired) electrons. The van der Waals surface area contributed by atoms with Crippen molar-refractivity contribution >= 4 is 15.9 Å². The number of rotatable bonds is 4. The second-order valence-corrected chi connectivity index (χ2v) is 8.31. The third-order valence-electron chi connectivity index (χ3n) is 5.81. The summed E-state index contributed by atoms with van der Waals surface area (Å²) in [6, 6.07) is 5.70. The monoisotopic (exact) mass is 376 g/mol. The highest BCUT2D eigenvalue weighted by atomic mass is 79.9. The van der Waals surface area contributed by atoms with Crippen LogP contribution in [0, 0.1) is 17.8 Å². The number of phenolic OH excluding ortho intramolecular Hbond substituents is 1. The molecule has 1 heterocycles. The Morgan fingerprint density at radius 1 is 1.04 bits per heavy atom. The number of benzene rings is 1. The van der Waals surface area contributed by atoms with Gasteiger partial charge in [-0.15, -0.1) is 0 Å². The Kier molecular flexibility index (Phi) is 4.48. The first-order valence-electron chi connectivity index (χ1n) is 8.78. The van der Waals surface area contributed by atoms with Gasteiger partial charge in [-0.3, -0.25) is 4.90 Å². The van der Waals surface area contributed by atoms with E-state index in [0.717, 1.165) is 60.5 Å². The number of phenols is 1. The average Bonchev–Trinajstić information content (AvgIpc) is 3.16. The number of fused-ring (bicyclic) bond motifs is 2. The van der Waals surface area contributed by atoms with Gasteiger partial charge in [-0.05, 0) is 48.8 Å². The molecule has 3 atom stereocenters. The molecule has 124 valence electrons. The molecule has 0 unspecified atom stereocenters. The summed E-state index contributed by atoms with van der Waals surface area (Å²) in [6.07, 6.45) is 7.72. The Balaban J connectivity index is 1.27. The molecule has 1 aliphatic heterocycles. The van der Waals surface area contributed by atoms with Crippen LogP contribution in [0.15, 0.2) is 34.8 Å². The molecular formula is C19H25BrN2O. The SMILES string of the molecule is Oc1ccc(Br)cc1CN1CCN(C[C@@H]2C[C@H]3C=C[C@@H]2C3)CC1. The number of hydrogen-bond donors (Lipinski definition) is 1. The molecule has 3 aliphatic rings. The molecule has 23 heavy (non-hydrogen) atoms. The van der Waals surface area contributed by atoms with Crippen molar-refractivity contribution in [2.75, 3.05) is 32.7 Å². The fraction of sp³-hybridized carbons (Fsp3) is 0.579. The topological polar surface area (TPSA) is 26.7 Å². The number of aromatic hydroxyl groups is 1. The molecule has 0 amide bonds. The number of allylic oxidation sites excluding steroid dienone is 2. The predicted molar refractivity (Wildman–Crippen MR) is 96.4 cm³/mol. The molecule has 2 bridgehead atoms. The molecule has 0 aromatic heterocycles. The molecule has 3 nitrogen and oxygen atoms in total. The molecular weight excluding hydrogens is 352 g/mol. The molecule has 1 saturated carbocycles. The van der Waals surface area contributed by atoms with E-state index in [0.29, 0.717) is 5.75 Å². The molecule has 1 aromatic rings. The molecule has 4 heteroatoms. The van der Waals surface area contributed by atoms with Crippen molar-refractivity contribution in [2.45, 2.75) is 19.4 Å². The van der Waals surface area contributed by atoms with Gasteiger partial charge in [0.15, 0.2) is 0 Å². The number of hydrogen-bond acceptors (Lipinski definition) is 3. The van der Waals surface area contributed by atoms with Crippen molar-refractivity contribution < 1.29 is 5.11 Å². The van der Waals surface area contributed by atoms with E-state index in [9.17, 15) is 5.11 Å². The first-order chi connectivity index (χ1) is 11.2. The van der Waals surface area contributed by atoms with Gasteiger partial charge < -0.3 is 10.0 Å². The smallest absolute Gasteiger partial charge is 0.120 e. The largest absolute Gasteiger partial charge is 0.508 e. The summed E-state index contributed by atoms with van der Waals surface area (Å²) in [7, 11) is 0. The Labute approximate surface area is 147 Å². The first kappa shape index (κ1) is 15.7. The lowest BCUT2D eigenvalue weighted by atomic mass is 9.93. The molecule has 2 aliphatic carbocycles. The van der Waals surface area contributed by atoms with Gasteiger partial charge in [-0.25, -0.2) is 0 Å². The zero-order valence-corrected chi connectivity index (χ0v) is 15.1. The highest BCUT2D eigenvalue weighted by Crippen LogP contribution is 2.43. The van der Waals surface area contributed by atoms with E-state index in [1.165, 1.54) is 19.4 Å². The summed E-state index contributed by atoms with van der Waals surface area (Å²) in [5.41, 5.74) is 1.02. The summed E-state index contributed by atoms with van der Waals surface area (Å²) < 4.78 is 1.04. The second-order valence-electron chi connectivity index (χ2n) is 7.39. The van der Waals surface area contributed by atoms with Crippen molar-refractivity contribution in [3.63, 3.8) is 0 Å². The van der Waals surface area contributed by atoms with Crippen LogP contribution < -0.4 is 0 Å².